The van der Waals surface area contributed by atoms with Crippen molar-refractivity contribution in [2.24, 2.45) is 0 Å². The van der Waals surface area contributed by atoms with Crippen LogP contribution in [0.2, 0.25) is 0 Å². The van der Waals surface area contributed by atoms with Crippen LogP contribution in [-0.4, -0.2) is 51.8 Å². The Morgan fingerprint density at radius 2 is 2.24 bits per heavy atom. The van der Waals surface area contributed by atoms with Gasteiger partial charge in [0.15, 0.2) is 0 Å². The summed E-state index contributed by atoms with van der Waals surface area (Å²) < 4.78 is 11.3. The first kappa shape index (κ1) is 13.0. The quantitative estimate of drug-likeness (QED) is 0.797. The lowest BCUT2D eigenvalue weighted by molar-refractivity contribution is 0.210. The molecule has 2 rings (SSSR count). The maximum atomic E-state index is 11.3. The van der Waals surface area contributed by atoms with E-state index in [1.165, 1.54) is 0 Å². The van der Waals surface area contributed by atoms with E-state index in [2.05, 4.69) is 23.2 Å². The molecule has 2 aliphatic rings. The van der Waals surface area contributed by atoms with Crippen molar-refractivity contribution in [3.63, 3.8) is 0 Å². The van der Waals surface area contributed by atoms with Gasteiger partial charge < -0.3 is 0 Å². The van der Waals surface area contributed by atoms with E-state index in [0.717, 1.165) is 50.4 Å². The Kier molecular flexibility index (Phi) is 4.18. The Hall–Kier alpha value is -0.440. The summed E-state index contributed by atoms with van der Waals surface area (Å²) in [6, 6.07) is 2.96. The molecular formula is C12H21N3OS. The van der Waals surface area contributed by atoms with E-state index in [1.54, 1.807) is 0 Å². The molecule has 5 heteroatoms. The van der Waals surface area contributed by atoms with E-state index < -0.39 is 10.8 Å². The van der Waals surface area contributed by atoms with Gasteiger partial charge in [-0.05, 0) is 25.8 Å². The fraction of sp³-hybridized carbons (Fsp3) is 0.917. The summed E-state index contributed by atoms with van der Waals surface area (Å²) in [5.41, 5.74) is -0.310. The van der Waals surface area contributed by atoms with Gasteiger partial charge in [0, 0.05) is 41.4 Å². The van der Waals surface area contributed by atoms with Crippen LogP contribution in [0.25, 0.3) is 0 Å². The van der Waals surface area contributed by atoms with Gasteiger partial charge in [0.25, 0.3) is 0 Å². The van der Waals surface area contributed by atoms with Crippen molar-refractivity contribution in [2.45, 2.75) is 37.8 Å². The van der Waals surface area contributed by atoms with Crippen LogP contribution in [0.5, 0.6) is 0 Å². The van der Waals surface area contributed by atoms with Crippen LogP contribution in [0.4, 0.5) is 0 Å². The summed E-state index contributed by atoms with van der Waals surface area (Å²) in [4.78, 5) is 2.43. The Labute approximate surface area is 106 Å². The molecule has 0 bridgehead atoms. The molecular weight excluding hydrogens is 234 g/mol. The maximum absolute atomic E-state index is 11.3. The first-order valence-corrected chi connectivity index (χ1v) is 7.93. The molecule has 1 saturated carbocycles. The summed E-state index contributed by atoms with van der Waals surface area (Å²) in [5, 5.41) is 12.7. The van der Waals surface area contributed by atoms with E-state index >= 15 is 0 Å². The molecule has 2 fully saturated rings. The van der Waals surface area contributed by atoms with Crippen LogP contribution in [0, 0.1) is 11.3 Å². The number of rotatable bonds is 3. The molecule has 0 aromatic heterocycles. The van der Waals surface area contributed by atoms with E-state index in [4.69, 9.17) is 0 Å². The SMILES string of the molecule is CCNC1(C#N)CCC(N2CCS(=O)CC2)C1. The number of nitrogens with one attached hydrogen (secondary N) is 1. The summed E-state index contributed by atoms with van der Waals surface area (Å²) in [5.74, 6) is 1.61. The van der Waals surface area contributed by atoms with Gasteiger partial charge in [0.05, 0.1) is 6.07 Å². The van der Waals surface area contributed by atoms with Gasteiger partial charge in [-0.2, -0.15) is 5.26 Å². The maximum Gasteiger partial charge on any atom is 0.108 e. The minimum absolute atomic E-state index is 0.310. The third-order valence-electron chi connectivity index (χ3n) is 3.95. The van der Waals surface area contributed by atoms with Crippen molar-refractivity contribution < 1.29 is 4.21 Å². The van der Waals surface area contributed by atoms with E-state index in [0.29, 0.717) is 6.04 Å². The van der Waals surface area contributed by atoms with Gasteiger partial charge in [-0.15, -0.1) is 0 Å². The lowest BCUT2D eigenvalue weighted by atomic mass is 9.99. The van der Waals surface area contributed by atoms with Crippen LogP contribution in [0.3, 0.4) is 0 Å². The predicted octanol–water partition coefficient (Wildman–Crippen LogP) is 0.475. The molecule has 1 N–H and O–H groups in total. The van der Waals surface area contributed by atoms with Crippen LogP contribution < -0.4 is 5.32 Å². The van der Waals surface area contributed by atoms with Crippen molar-refractivity contribution in [2.75, 3.05) is 31.1 Å². The second kappa shape index (κ2) is 5.47. The number of nitrogens with zero attached hydrogens (tertiary/aromatic N) is 2. The molecule has 0 spiro atoms. The minimum atomic E-state index is -0.608. The highest BCUT2D eigenvalue weighted by Gasteiger charge is 2.41. The second-order valence-corrected chi connectivity index (χ2v) is 6.70. The highest BCUT2D eigenvalue weighted by molar-refractivity contribution is 7.85. The van der Waals surface area contributed by atoms with Gasteiger partial charge in [-0.25, -0.2) is 0 Å². The van der Waals surface area contributed by atoms with Gasteiger partial charge in [-0.1, -0.05) is 6.92 Å². The Morgan fingerprint density at radius 1 is 1.53 bits per heavy atom. The molecule has 17 heavy (non-hydrogen) atoms. The predicted molar refractivity (Wildman–Crippen MR) is 69.1 cm³/mol. The average molecular weight is 255 g/mol. The van der Waals surface area contributed by atoms with Crippen molar-refractivity contribution in [3.05, 3.63) is 0 Å². The van der Waals surface area contributed by atoms with Gasteiger partial charge in [0.1, 0.15) is 5.54 Å². The van der Waals surface area contributed by atoms with Crippen molar-refractivity contribution in [1.29, 1.82) is 5.26 Å². The molecule has 0 aromatic rings. The molecule has 0 radical (unpaired) electrons. The van der Waals surface area contributed by atoms with Crippen LogP contribution in [0.1, 0.15) is 26.2 Å². The summed E-state index contributed by atoms with van der Waals surface area (Å²) in [6.45, 7) is 4.77. The Bertz CT molecular complexity index is 331. The van der Waals surface area contributed by atoms with Crippen molar-refractivity contribution in [3.8, 4) is 6.07 Å². The Morgan fingerprint density at radius 3 is 2.82 bits per heavy atom. The standard InChI is InChI=1S/C12H21N3OS/c1-2-14-12(10-13)4-3-11(9-12)15-5-7-17(16)8-6-15/h11,14H,2-9H2,1H3. The third kappa shape index (κ3) is 2.87. The summed E-state index contributed by atoms with van der Waals surface area (Å²) in [7, 11) is -0.608. The fourth-order valence-corrected chi connectivity index (χ4v) is 4.07. The largest absolute Gasteiger partial charge is 0.300 e. The van der Waals surface area contributed by atoms with E-state index in [1.807, 2.05) is 0 Å². The first-order valence-electron chi connectivity index (χ1n) is 6.44. The summed E-state index contributed by atoms with van der Waals surface area (Å²) in [6.07, 6.45) is 2.96. The monoisotopic (exact) mass is 255 g/mol. The average Bonchev–Trinajstić information content (AvgIpc) is 2.76. The minimum Gasteiger partial charge on any atom is -0.300 e. The number of hydrogen-bond donors (Lipinski definition) is 1. The first-order chi connectivity index (χ1) is 8.19. The van der Waals surface area contributed by atoms with Crippen molar-refractivity contribution in [1.82, 2.24) is 10.2 Å². The zero-order chi connectivity index (χ0) is 12.3. The zero-order valence-corrected chi connectivity index (χ0v) is 11.3. The molecule has 2 atom stereocenters. The molecule has 1 aliphatic heterocycles. The lowest BCUT2D eigenvalue weighted by Crippen LogP contribution is -2.47. The molecule has 4 nitrogen and oxygen atoms in total. The van der Waals surface area contributed by atoms with Gasteiger partial charge in [-0.3, -0.25) is 14.4 Å². The number of hydrogen-bond acceptors (Lipinski definition) is 4. The molecule has 0 amide bonds. The molecule has 1 aliphatic carbocycles. The molecule has 0 aromatic carbocycles. The lowest BCUT2D eigenvalue weighted by Gasteiger charge is -2.32. The highest BCUT2D eigenvalue weighted by atomic mass is 32.2. The second-order valence-electron chi connectivity index (χ2n) is 5.00. The molecule has 1 heterocycles. The zero-order valence-electron chi connectivity index (χ0n) is 10.4. The van der Waals surface area contributed by atoms with Crippen molar-refractivity contribution >= 4 is 10.8 Å². The van der Waals surface area contributed by atoms with Gasteiger partial charge >= 0.3 is 0 Å². The summed E-state index contributed by atoms with van der Waals surface area (Å²) >= 11 is 0. The smallest absolute Gasteiger partial charge is 0.108 e. The van der Waals surface area contributed by atoms with Crippen LogP contribution in [-0.2, 0) is 10.8 Å². The fourth-order valence-electron chi connectivity index (χ4n) is 2.99. The van der Waals surface area contributed by atoms with E-state index in [-0.39, 0.29) is 5.54 Å². The molecule has 1 saturated heterocycles. The molecule has 96 valence electrons. The topological polar surface area (TPSA) is 56.1 Å². The Balaban J connectivity index is 1.93. The highest BCUT2D eigenvalue weighted by Crippen LogP contribution is 2.33. The van der Waals surface area contributed by atoms with E-state index in [9.17, 15) is 9.47 Å². The molecule has 2 unspecified atom stereocenters. The van der Waals surface area contributed by atoms with Gasteiger partial charge in [0.2, 0.25) is 0 Å². The third-order valence-corrected chi connectivity index (χ3v) is 5.22. The van der Waals surface area contributed by atoms with Crippen LogP contribution >= 0.6 is 0 Å². The number of nitriles is 1. The van der Waals surface area contributed by atoms with Crippen LogP contribution in [0.15, 0.2) is 0 Å². The normalized spacial score (nSPS) is 35.9.